The first-order chi connectivity index (χ1) is 7.79. The molecule has 0 spiro atoms. The molecule has 1 aromatic carbocycles. The van der Waals surface area contributed by atoms with Gasteiger partial charge in [-0.05, 0) is 31.2 Å². The van der Waals surface area contributed by atoms with Crippen molar-refractivity contribution in [2.45, 2.75) is 31.6 Å². The van der Waals surface area contributed by atoms with E-state index in [1.54, 1.807) is 0 Å². The van der Waals surface area contributed by atoms with Crippen LogP contribution in [-0.4, -0.2) is 23.7 Å². The zero-order chi connectivity index (χ0) is 11.4. The van der Waals surface area contributed by atoms with Crippen molar-refractivity contribution in [3.05, 3.63) is 24.3 Å². The molecule has 1 aliphatic heterocycles. The highest BCUT2D eigenvalue weighted by Crippen LogP contribution is 2.29. The van der Waals surface area contributed by atoms with Gasteiger partial charge in [0.2, 0.25) is 0 Å². The largest absolute Gasteiger partial charge is 0.494 e. The van der Waals surface area contributed by atoms with Crippen LogP contribution in [0.15, 0.2) is 24.3 Å². The molecule has 0 aromatic heterocycles. The number of anilines is 1. The summed E-state index contributed by atoms with van der Waals surface area (Å²) in [6, 6.07) is 8.83. The molecule has 0 aliphatic carbocycles. The Labute approximate surface area is 102 Å². The van der Waals surface area contributed by atoms with Crippen LogP contribution in [0.3, 0.4) is 0 Å². The van der Waals surface area contributed by atoms with Gasteiger partial charge in [-0.15, -0.1) is 0 Å². The monoisotopic (exact) mass is 237 g/mol. The number of benzene rings is 1. The minimum atomic E-state index is 0.599. The highest BCUT2D eigenvalue weighted by atomic mass is 32.2. The average molecular weight is 237 g/mol. The van der Waals surface area contributed by atoms with E-state index in [2.05, 4.69) is 24.4 Å². The fourth-order valence-corrected chi connectivity index (χ4v) is 3.18. The zero-order valence-electron chi connectivity index (χ0n) is 9.90. The van der Waals surface area contributed by atoms with E-state index in [1.807, 2.05) is 30.8 Å². The van der Waals surface area contributed by atoms with Gasteiger partial charge in [-0.3, -0.25) is 0 Å². The second kappa shape index (κ2) is 5.48. The molecular formula is C13H19NOS. The average Bonchev–Trinajstić information content (AvgIpc) is 2.66. The Morgan fingerprint density at radius 1 is 1.50 bits per heavy atom. The van der Waals surface area contributed by atoms with Crippen LogP contribution < -0.4 is 10.1 Å². The fraction of sp³-hybridized carbons (Fsp3) is 0.538. The van der Waals surface area contributed by atoms with Gasteiger partial charge in [0.05, 0.1) is 6.61 Å². The summed E-state index contributed by atoms with van der Waals surface area (Å²) >= 11 is 2.05. The van der Waals surface area contributed by atoms with Crippen LogP contribution in [0, 0.1) is 0 Å². The van der Waals surface area contributed by atoms with Gasteiger partial charge in [0.15, 0.2) is 0 Å². The summed E-state index contributed by atoms with van der Waals surface area (Å²) in [5.41, 5.74) is 1.17. The van der Waals surface area contributed by atoms with Crippen LogP contribution in [0.2, 0.25) is 0 Å². The predicted octanol–water partition coefficient (Wildman–Crippen LogP) is 3.39. The Hall–Kier alpha value is -0.830. The molecular weight excluding hydrogens is 218 g/mol. The lowest BCUT2D eigenvalue weighted by Crippen LogP contribution is -2.24. The van der Waals surface area contributed by atoms with E-state index < -0.39 is 0 Å². The number of thioether (sulfide) groups is 1. The Morgan fingerprint density at radius 3 is 3.06 bits per heavy atom. The molecule has 0 amide bonds. The lowest BCUT2D eigenvalue weighted by Gasteiger charge is -2.18. The molecule has 0 bridgehead atoms. The molecule has 2 nitrogen and oxygen atoms in total. The molecule has 2 unspecified atom stereocenters. The summed E-state index contributed by atoms with van der Waals surface area (Å²) in [5.74, 6) is 2.22. The summed E-state index contributed by atoms with van der Waals surface area (Å²) < 4.78 is 5.49. The van der Waals surface area contributed by atoms with Gasteiger partial charge >= 0.3 is 0 Å². The van der Waals surface area contributed by atoms with Crippen molar-refractivity contribution in [3.63, 3.8) is 0 Å². The number of nitrogens with one attached hydrogen (secondary N) is 1. The smallest absolute Gasteiger partial charge is 0.121 e. The maximum absolute atomic E-state index is 5.49. The Balaban J connectivity index is 2.00. The standard InChI is InChI=1S/C13H19NOS/c1-3-15-12-6-4-5-11(9-12)14-13-7-8-16-10(13)2/h4-6,9-10,13-14H,3,7-8H2,1-2H3. The highest BCUT2D eigenvalue weighted by molar-refractivity contribution is 8.00. The van der Waals surface area contributed by atoms with Crippen molar-refractivity contribution in [2.75, 3.05) is 17.7 Å². The van der Waals surface area contributed by atoms with Crippen molar-refractivity contribution < 1.29 is 4.74 Å². The van der Waals surface area contributed by atoms with Gasteiger partial charge in [0.1, 0.15) is 5.75 Å². The quantitative estimate of drug-likeness (QED) is 0.867. The second-order valence-electron chi connectivity index (χ2n) is 4.08. The predicted molar refractivity (Wildman–Crippen MR) is 71.6 cm³/mol. The van der Waals surface area contributed by atoms with Crippen molar-refractivity contribution in [1.82, 2.24) is 0 Å². The Morgan fingerprint density at radius 2 is 2.38 bits per heavy atom. The van der Waals surface area contributed by atoms with Crippen LogP contribution in [0.4, 0.5) is 5.69 Å². The number of hydrogen-bond acceptors (Lipinski definition) is 3. The molecule has 1 aliphatic rings. The van der Waals surface area contributed by atoms with Gasteiger partial charge in [-0.25, -0.2) is 0 Å². The summed E-state index contributed by atoms with van der Waals surface area (Å²) in [5, 5.41) is 4.29. The van der Waals surface area contributed by atoms with Crippen molar-refractivity contribution >= 4 is 17.4 Å². The van der Waals surface area contributed by atoms with E-state index in [1.165, 1.54) is 17.9 Å². The van der Waals surface area contributed by atoms with Crippen molar-refractivity contribution in [2.24, 2.45) is 0 Å². The molecule has 1 saturated heterocycles. The molecule has 1 aromatic rings. The molecule has 0 saturated carbocycles. The van der Waals surface area contributed by atoms with Crippen molar-refractivity contribution in [3.8, 4) is 5.75 Å². The summed E-state index contributed by atoms with van der Waals surface area (Å²) in [6.45, 7) is 5.02. The topological polar surface area (TPSA) is 21.3 Å². The summed E-state index contributed by atoms with van der Waals surface area (Å²) in [6.07, 6.45) is 1.25. The van der Waals surface area contributed by atoms with Gasteiger partial charge in [0.25, 0.3) is 0 Å². The molecule has 16 heavy (non-hydrogen) atoms. The van der Waals surface area contributed by atoms with Crippen LogP contribution in [0.5, 0.6) is 5.75 Å². The molecule has 3 heteroatoms. The number of rotatable bonds is 4. The zero-order valence-corrected chi connectivity index (χ0v) is 10.7. The second-order valence-corrected chi connectivity index (χ2v) is 5.56. The van der Waals surface area contributed by atoms with Crippen LogP contribution in [0.25, 0.3) is 0 Å². The molecule has 88 valence electrons. The van der Waals surface area contributed by atoms with Crippen LogP contribution in [0.1, 0.15) is 20.3 Å². The maximum atomic E-state index is 5.49. The van der Waals surface area contributed by atoms with E-state index in [0.717, 1.165) is 12.4 Å². The van der Waals surface area contributed by atoms with Crippen LogP contribution >= 0.6 is 11.8 Å². The lowest BCUT2D eigenvalue weighted by atomic mass is 10.1. The third kappa shape index (κ3) is 2.85. The van der Waals surface area contributed by atoms with E-state index in [-0.39, 0.29) is 0 Å². The van der Waals surface area contributed by atoms with Gasteiger partial charge < -0.3 is 10.1 Å². The number of ether oxygens (including phenoxy) is 1. The fourth-order valence-electron chi connectivity index (χ4n) is 1.98. The molecule has 2 atom stereocenters. The van der Waals surface area contributed by atoms with E-state index >= 15 is 0 Å². The third-order valence-corrected chi connectivity index (χ3v) is 4.20. The normalized spacial score (nSPS) is 24.4. The minimum absolute atomic E-state index is 0.599. The molecule has 2 rings (SSSR count). The molecule has 0 radical (unpaired) electrons. The van der Waals surface area contributed by atoms with Gasteiger partial charge in [0, 0.05) is 23.0 Å². The van der Waals surface area contributed by atoms with Gasteiger partial charge in [-0.1, -0.05) is 13.0 Å². The first-order valence-corrected chi connectivity index (χ1v) is 6.95. The molecule has 1 heterocycles. The van der Waals surface area contributed by atoms with Gasteiger partial charge in [-0.2, -0.15) is 11.8 Å². The van der Waals surface area contributed by atoms with Crippen molar-refractivity contribution in [1.29, 1.82) is 0 Å². The molecule has 1 N–H and O–H groups in total. The first-order valence-electron chi connectivity index (χ1n) is 5.90. The Bertz CT molecular complexity index is 342. The minimum Gasteiger partial charge on any atom is -0.494 e. The number of hydrogen-bond donors (Lipinski definition) is 1. The summed E-state index contributed by atoms with van der Waals surface area (Å²) in [7, 11) is 0. The van der Waals surface area contributed by atoms with E-state index in [4.69, 9.17) is 4.74 Å². The third-order valence-electron chi connectivity index (χ3n) is 2.87. The first kappa shape index (κ1) is 11.6. The summed E-state index contributed by atoms with van der Waals surface area (Å²) in [4.78, 5) is 0. The van der Waals surface area contributed by atoms with Crippen LogP contribution in [-0.2, 0) is 0 Å². The van der Waals surface area contributed by atoms with E-state index in [0.29, 0.717) is 11.3 Å². The highest BCUT2D eigenvalue weighted by Gasteiger charge is 2.23. The SMILES string of the molecule is CCOc1cccc(NC2CCSC2C)c1. The Kier molecular flexibility index (Phi) is 3.99. The van der Waals surface area contributed by atoms with E-state index in [9.17, 15) is 0 Å². The maximum Gasteiger partial charge on any atom is 0.121 e. The lowest BCUT2D eigenvalue weighted by molar-refractivity contribution is 0.340. The molecule has 1 fully saturated rings.